The molecule has 1 amide bonds. The van der Waals surface area contributed by atoms with Crippen LogP contribution in [0.25, 0.3) is 0 Å². The molecule has 1 heterocycles. The van der Waals surface area contributed by atoms with Crippen LogP contribution in [0, 0.1) is 5.82 Å². The molecule has 5 nitrogen and oxygen atoms in total. The van der Waals surface area contributed by atoms with Gasteiger partial charge in [0.05, 0.1) is 19.9 Å². The van der Waals surface area contributed by atoms with Gasteiger partial charge in [-0.15, -0.1) is 12.4 Å². The predicted octanol–water partition coefficient (Wildman–Crippen LogP) is 2.30. The average molecular weight is 351 g/mol. The lowest BCUT2D eigenvalue weighted by molar-refractivity contribution is -0.116. The molecule has 0 bridgehead atoms. The fourth-order valence-electron chi connectivity index (χ4n) is 2.13. The Morgan fingerprint density at radius 2 is 2.09 bits per heavy atom. The van der Waals surface area contributed by atoms with Gasteiger partial charge in [0.15, 0.2) is 17.3 Å². The van der Waals surface area contributed by atoms with Crippen LogP contribution in [0.15, 0.2) is 12.1 Å². The minimum absolute atomic E-state index is 0. The Hall–Kier alpha value is -1.18. The number of anilines is 1. The first-order valence-electron chi connectivity index (χ1n) is 6.66. The highest BCUT2D eigenvalue weighted by Gasteiger charge is 2.18. The highest BCUT2D eigenvalue weighted by atomic mass is 35.5. The van der Waals surface area contributed by atoms with Crippen LogP contribution in [0.4, 0.5) is 10.1 Å². The molecule has 1 unspecified atom stereocenters. The van der Waals surface area contributed by atoms with Crippen LogP contribution in [0.1, 0.15) is 6.42 Å². The minimum Gasteiger partial charge on any atom is -0.493 e. The lowest BCUT2D eigenvalue weighted by Gasteiger charge is -2.22. The van der Waals surface area contributed by atoms with Crippen LogP contribution in [0.3, 0.4) is 0 Å². The summed E-state index contributed by atoms with van der Waals surface area (Å²) in [4.78, 5) is 12.0. The molecule has 1 atom stereocenters. The van der Waals surface area contributed by atoms with E-state index < -0.39 is 5.82 Å². The molecule has 0 aromatic heterocycles. The van der Waals surface area contributed by atoms with Crippen LogP contribution in [-0.2, 0) is 4.79 Å². The number of thioether (sulfide) groups is 1. The van der Waals surface area contributed by atoms with Gasteiger partial charge in [-0.1, -0.05) is 0 Å². The zero-order chi connectivity index (χ0) is 15.2. The van der Waals surface area contributed by atoms with Gasteiger partial charge in [-0.3, -0.25) is 4.79 Å². The summed E-state index contributed by atoms with van der Waals surface area (Å²) in [6.45, 7) is 0.896. The Balaban J connectivity index is 0.00000242. The molecule has 2 N–H and O–H groups in total. The molecule has 1 aromatic carbocycles. The van der Waals surface area contributed by atoms with Gasteiger partial charge in [0, 0.05) is 42.6 Å². The molecule has 1 aliphatic rings. The number of hydrogen-bond acceptors (Lipinski definition) is 5. The summed E-state index contributed by atoms with van der Waals surface area (Å²) in [6, 6.07) is 2.75. The summed E-state index contributed by atoms with van der Waals surface area (Å²) in [7, 11) is 2.90. The van der Waals surface area contributed by atoms with E-state index in [1.807, 2.05) is 11.8 Å². The van der Waals surface area contributed by atoms with Crippen molar-refractivity contribution in [3.63, 3.8) is 0 Å². The van der Waals surface area contributed by atoms with Crippen molar-refractivity contribution < 1.29 is 18.7 Å². The maximum atomic E-state index is 13.9. The largest absolute Gasteiger partial charge is 0.493 e. The van der Waals surface area contributed by atoms with E-state index in [1.165, 1.54) is 26.4 Å². The standard InChI is InChI=1S/C14H19FN2O3S.ClH/c1-19-12-6-10(15)11(7-13(12)20-2)17-14(18)5-9-8-21-4-3-16-9;/h6-7,9,16H,3-5,8H2,1-2H3,(H,17,18);1H. The Labute approximate surface area is 139 Å². The van der Waals surface area contributed by atoms with Crippen molar-refractivity contribution in [2.75, 3.05) is 37.6 Å². The average Bonchev–Trinajstić information content (AvgIpc) is 2.49. The van der Waals surface area contributed by atoms with E-state index in [4.69, 9.17) is 9.47 Å². The molecule has 0 saturated carbocycles. The summed E-state index contributed by atoms with van der Waals surface area (Å²) < 4.78 is 24.0. The highest BCUT2D eigenvalue weighted by molar-refractivity contribution is 7.99. The quantitative estimate of drug-likeness (QED) is 0.853. The van der Waals surface area contributed by atoms with E-state index in [2.05, 4.69) is 10.6 Å². The lowest BCUT2D eigenvalue weighted by Crippen LogP contribution is -2.39. The monoisotopic (exact) mass is 350 g/mol. The third-order valence-corrected chi connectivity index (χ3v) is 4.31. The lowest BCUT2D eigenvalue weighted by atomic mass is 10.2. The van der Waals surface area contributed by atoms with Crippen LogP contribution in [0.2, 0.25) is 0 Å². The van der Waals surface area contributed by atoms with Crippen molar-refractivity contribution in [3.05, 3.63) is 17.9 Å². The van der Waals surface area contributed by atoms with E-state index in [0.717, 1.165) is 18.1 Å². The highest BCUT2D eigenvalue weighted by Crippen LogP contribution is 2.32. The van der Waals surface area contributed by atoms with Crippen molar-refractivity contribution in [1.82, 2.24) is 5.32 Å². The fraction of sp³-hybridized carbons (Fsp3) is 0.500. The first-order valence-corrected chi connectivity index (χ1v) is 7.82. The molecule has 2 rings (SSSR count). The van der Waals surface area contributed by atoms with Crippen molar-refractivity contribution in [2.45, 2.75) is 12.5 Å². The summed E-state index contributed by atoms with van der Waals surface area (Å²) in [6.07, 6.45) is 0.320. The molecule has 8 heteroatoms. The number of carbonyl (C=O) groups excluding carboxylic acids is 1. The van der Waals surface area contributed by atoms with Gasteiger partial charge in [-0.25, -0.2) is 4.39 Å². The minimum atomic E-state index is -0.549. The SMILES string of the molecule is COc1cc(F)c(NC(=O)CC2CSCCN2)cc1OC.Cl. The van der Waals surface area contributed by atoms with Crippen LogP contribution >= 0.6 is 24.2 Å². The summed E-state index contributed by atoms with van der Waals surface area (Å²) in [5, 5.41) is 5.86. The summed E-state index contributed by atoms with van der Waals surface area (Å²) in [5.41, 5.74) is 0.0983. The molecule has 1 aromatic rings. The first-order chi connectivity index (χ1) is 10.1. The van der Waals surface area contributed by atoms with Gasteiger partial charge in [0.1, 0.15) is 0 Å². The second-order valence-corrected chi connectivity index (χ2v) is 5.82. The van der Waals surface area contributed by atoms with E-state index >= 15 is 0 Å². The molecule has 0 aliphatic carbocycles. The number of ether oxygens (including phenoxy) is 2. The zero-order valence-corrected chi connectivity index (χ0v) is 14.1. The van der Waals surface area contributed by atoms with E-state index in [9.17, 15) is 9.18 Å². The number of methoxy groups -OCH3 is 2. The molecule has 1 fully saturated rings. The van der Waals surface area contributed by atoms with E-state index in [1.54, 1.807) is 0 Å². The number of hydrogen-bond donors (Lipinski definition) is 2. The second-order valence-electron chi connectivity index (χ2n) is 4.67. The third kappa shape index (κ3) is 4.93. The molecular formula is C14H20ClFN2O3S. The number of benzene rings is 1. The van der Waals surface area contributed by atoms with Gasteiger partial charge in [-0.2, -0.15) is 11.8 Å². The van der Waals surface area contributed by atoms with Gasteiger partial charge >= 0.3 is 0 Å². The number of rotatable bonds is 5. The zero-order valence-electron chi connectivity index (χ0n) is 12.5. The normalized spacial score (nSPS) is 17.3. The summed E-state index contributed by atoms with van der Waals surface area (Å²) in [5.74, 6) is 1.84. The van der Waals surface area contributed by atoms with Gasteiger partial charge in [-0.05, 0) is 0 Å². The first kappa shape index (κ1) is 18.9. The van der Waals surface area contributed by atoms with E-state index in [-0.39, 0.29) is 30.0 Å². The molecule has 1 aliphatic heterocycles. The Morgan fingerprint density at radius 3 is 2.68 bits per heavy atom. The van der Waals surface area contributed by atoms with Gasteiger partial charge in [0.25, 0.3) is 0 Å². The van der Waals surface area contributed by atoms with Crippen LogP contribution in [0.5, 0.6) is 11.5 Å². The van der Waals surface area contributed by atoms with Crippen molar-refractivity contribution in [2.24, 2.45) is 0 Å². The topological polar surface area (TPSA) is 59.6 Å². The molecular weight excluding hydrogens is 331 g/mol. The number of amides is 1. The Morgan fingerprint density at radius 1 is 1.41 bits per heavy atom. The second kappa shape index (κ2) is 9.07. The smallest absolute Gasteiger partial charge is 0.226 e. The molecule has 124 valence electrons. The Bertz CT molecular complexity index is 513. The van der Waals surface area contributed by atoms with Crippen molar-refractivity contribution in [3.8, 4) is 11.5 Å². The number of halogens is 2. The van der Waals surface area contributed by atoms with Gasteiger partial charge in [0.2, 0.25) is 5.91 Å². The molecule has 22 heavy (non-hydrogen) atoms. The fourth-order valence-corrected chi connectivity index (χ4v) is 3.07. The van der Waals surface area contributed by atoms with Crippen molar-refractivity contribution >= 4 is 35.8 Å². The molecule has 0 spiro atoms. The Kier molecular flexibility index (Phi) is 7.78. The molecule has 0 radical (unpaired) electrons. The summed E-state index contributed by atoms with van der Waals surface area (Å²) >= 11 is 1.81. The maximum Gasteiger partial charge on any atom is 0.226 e. The molecule has 1 saturated heterocycles. The van der Waals surface area contributed by atoms with Crippen LogP contribution in [-0.4, -0.2) is 44.2 Å². The van der Waals surface area contributed by atoms with Gasteiger partial charge < -0.3 is 20.1 Å². The predicted molar refractivity (Wildman–Crippen MR) is 89.1 cm³/mol. The number of carbonyl (C=O) groups is 1. The maximum absolute atomic E-state index is 13.9. The van der Waals surface area contributed by atoms with Crippen LogP contribution < -0.4 is 20.1 Å². The number of nitrogens with one attached hydrogen (secondary N) is 2. The van der Waals surface area contributed by atoms with Crippen molar-refractivity contribution in [1.29, 1.82) is 0 Å². The third-order valence-electron chi connectivity index (χ3n) is 3.18. The van der Waals surface area contributed by atoms with E-state index in [0.29, 0.717) is 17.9 Å².